The van der Waals surface area contributed by atoms with Gasteiger partial charge in [0, 0.05) is 11.7 Å². The first-order chi connectivity index (χ1) is 13.4. The Balaban J connectivity index is 1.56. The lowest BCUT2D eigenvalue weighted by molar-refractivity contribution is -0.113. The Morgan fingerprint density at radius 2 is 1.89 bits per heavy atom. The van der Waals surface area contributed by atoms with Crippen LogP contribution in [0.15, 0.2) is 58.6 Å². The van der Waals surface area contributed by atoms with E-state index in [0.29, 0.717) is 17.3 Å². The van der Waals surface area contributed by atoms with Gasteiger partial charge in [-0.05, 0) is 49.7 Å². The second-order valence-electron chi connectivity index (χ2n) is 6.35. The normalized spacial score (nSPS) is 12.8. The number of hydrogen-bond acceptors (Lipinski definition) is 5. The molecule has 0 saturated heterocycles. The van der Waals surface area contributed by atoms with Crippen molar-refractivity contribution in [3.05, 3.63) is 48.5 Å². The number of thioether (sulfide) groups is 1. The van der Waals surface area contributed by atoms with Gasteiger partial charge in [-0.2, -0.15) is 0 Å². The zero-order chi connectivity index (χ0) is 20.1. The van der Waals surface area contributed by atoms with Crippen molar-refractivity contribution in [2.24, 2.45) is 0 Å². The van der Waals surface area contributed by atoms with Crippen molar-refractivity contribution in [2.75, 3.05) is 11.1 Å². The van der Waals surface area contributed by atoms with Gasteiger partial charge in [0.15, 0.2) is 5.16 Å². The van der Waals surface area contributed by atoms with Crippen molar-refractivity contribution in [3.8, 4) is 0 Å². The maximum atomic E-state index is 12.3. The summed E-state index contributed by atoms with van der Waals surface area (Å²) in [4.78, 5) is 19.9. The minimum Gasteiger partial charge on any atom is -0.333 e. The van der Waals surface area contributed by atoms with Crippen LogP contribution in [0.3, 0.4) is 0 Å². The number of anilines is 1. The first-order valence-corrected chi connectivity index (χ1v) is 11.3. The molecule has 0 aliphatic heterocycles. The van der Waals surface area contributed by atoms with E-state index in [1.54, 1.807) is 12.1 Å². The van der Waals surface area contributed by atoms with Gasteiger partial charge in [0.05, 0.1) is 21.7 Å². The molecule has 9 heteroatoms. The van der Waals surface area contributed by atoms with E-state index in [4.69, 9.17) is 0 Å². The van der Waals surface area contributed by atoms with E-state index in [0.717, 1.165) is 11.0 Å². The number of hydrogen-bond donors (Lipinski definition) is 3. The summed E-state index contributed by atoms with van der Waals surface area (Å²) in [6, 6.07) is 13.6. The first-order valence-electron chi connectivity index (χ1n) is 8.87. The Morgan fingerprint density at radius 3 is 2.57 bits per heavy atom. The zero-order valence-electron chi connectivity index (χ0n) is 15.6. The molecule has 0 fully saturated rings. The number of aromatic amines is 1. The fourth-order valence-electron chi connectivity index (χ4n) is 2.46. The van der Waals surface area contributed by atoms with E-state index < -0.39 is 10.0 Å². The maximum absolute atomic E-state index is 12.3. The number of sulfonamides is 1. The molecule has 0 bridgehead atoms. The molecule has 148 valence electrons. The molecule has 0 spiro atoms. The van der Waals surface area contributed by atoms with E-state index in [1.165, 1.54) is 23.9 Å². The largest absolute Gasteiger partial charge is 0.333 e. The van der Waals surface area contributed by atoms with Gasteiger partial charge < -0.3 is 10.3 Å². The lowest BCUT2D eigenvalue weighted by Gasteiger charge is -2.12. The summed E-state index contributed by atoms with van der Waals surface area (Å²) in [5, 5.41) is 3.43. The molecule has 3 aromatic rings. The van der Waals surface area contributed by atoms with Crippen LogP contribution in [0.2, 0.25) is 0 Å². The average molecular weight is 419 g/mol. The van der Waals surface area contributed by atoms with Crippen LogP contribution in [0.5, 0.6) is 0 Å². The van der Waals surface area contributed by atoms with Gasteiger partial charge in [0.1, 0.15) is 0 Å². The molecule has 0 aliphatic carbocycles. The van der Waals surface area contributed by atoms with E-state index in [9.17, 15) is 13.2 Å². The Morgan fingerprint density at radius 1 is 1.18 bits per heavy atom. The number of imidazole rings is 1. The summed E-state index contributed by atoms with van der Waals surface area (Å²) < 4.78 is 27.1. The van der Waals surface area contributed by atoms with Gasteiger partial charge in [-0.1, -0.05) is 30.8 Å². The lowest BCUT2D eigenvalue weighted by Crippen LogP contribution is -2.31. The third-order valence-electron chi connectivity index (χ3n) is 4.12. The van der Waals surface area contributed by atoms with Gasteiger partial charge in [0.25, 0.3) is 0 Å². The average Bonchev–Trinajstić information content (AvgIpc) is 3.09. The number of benzene rings is 2. The highest BCUT2D eigenvalue weighted by Gasteiger charge is 2.16. The minimum absolute atomic E-state index is 0.139. The summed E-state index contributed by atoms with van der Waals surface area (Å²) >= 11 is 1.31. The number of aromatic nitrogens is 2. The Hall–Kier alpha value is -2.36. The summed E-state index contributed by atoms with van der Waals surface area (Å²) in [6.07, 6.45) is 0.705. The molecular weight excluding hydrogens is 396 g/mol. The maximum Gasteiger partial charge on any atom is 0.240 e. The van der Waals surface area contributed by atoms with Crippen molar-refractivity contribution in [1.82, 2.24) is 14.7 Å². The highest BCUT2D eigenvalue weighted by molar-refractivity contribution is 7.99. The first kappa shape index (κ1) is 20.4. The van der Waals surface area contributed by atoms with Crippen molar-refractivity contribution in [3.63, 3.8) is 0 Å². The molecule has 3 N–H and O–H groups in total. The van der Waals surface area contributed by atoms with Crippen LogP contribution in [0.1, 0.15) is 20.3 Å². The predicted molar refractivity (Wildman–Crippen MR) is 112 cm³/mol. The van der Waals surface area contributed by atoms with Gasteiger partial charge in [-0.25, -0.2) is 18.1 Å². The smallest absolute Gasteiger partial charge is 0.240 e. The fourth-order valence-corrected chi connectivity index (χ4v) is 4.47. The molecule has 3 rings (SSSR count). The topological polar surface area (TPSA) is 104 Å². The number of amides is 1. The third-order valence-corrected chi connectivity index (χ3v) is 6.60. The number of carbonyl (C=O) groups is 1. The van der Waals surface area contributed by atoms with Crippen LogP contribution >= 0.6 is 11.8 Å². The Kier molecular flexibility index (Phi) is 6.38. The van der Waals surface area contributed by atoms with E-state index in [1.807, 2.05) is 38.1 Å². The van der Waals surface area contributed by atoms with Gasteiger partial charge in [0.2, 0.25) is 15.9 Å². The number of rotatable bonds is 8. The van der Waals surface area contributed by atoms with Crippen LogP contribution in [0, 0.1) is 0 Å². The van der Waals surface area contributed by atoms with E-state index in [-0.39, 0.29) is 22.6 Å². The quantitative estimate of drug-likeness (QED) is 0.487. The predicted octanol–water partition coefficient (Wildman–Crippen LogP) is 3.37. The van der Waals surface area contributed by atoms with Crippen LogP contribution in [-0.2, 0) is 14.8 Å². The molecule has 1 atom stereocenters. The van der Waals surface area contributed by atoms with E-state index in [2.05, 4.69) is 20.0 Å². The van der Waals surface area contributed by atoms with Crippen molar-refractivity contribution < 1.29 is 13.2 Å². The fraction of sp³-hybridized carbons (Fsp3) is 0.263. The van der Waals surface area contributed by atoms with Gasteiger partial charge >= 0.3 is 0 Å². The number of fused-ring (bicyclic) bond motifs is 1. The monoisotopic (exact) mass is 418 g/mol. The second-order valence-corrected chi connectivity index (χ2v) is 9.03. The molecule has 28 heavy (non-hydrogen) atoms. The number of para-hydroxylation sites is 2. The number of carbonyl (C=O) groups excluding carboxylic acids is 1. The third kappa shape index (κ3) is 5.12. The van der Waals surface area contributed by atoms with E-state index >= 15 is 0 Å². The summed E-state index contributed by atoms with van der Waals surface area (Å²) in [5.41, 5.74) is 2.32. The standard InChI is InChI=1S/C19H22N4O3S2/c1-3-13(2)23-28(25,26)15-10-8-14(9-11-15)20-18(24)12-27-19-21-16-6-4-5-7-17(16)22-19/h4-11,13,23H,3,12H2,1-2H3,(H,20,24)(H,21,22). The molecule has 2 aromatic carbocycles. The number of H-pyrrole nitrogens is 1. The van der Waals surface area contributed by atoms with Gasteiger partial charge in [-0.15, -0.1) is 0 Å². The highest BCUT2D eigenvalue weighted by Crippen LogP contribution is 2.20. The van der Waals surface area contributed by atoms with Crippen molar-refractivity contribution in [2.45, 2.75) is 36.4 Å². The van der Waals surface area contributed by atoms with Crippen LogP contribution in [0.25, 0.3) is 11.0 Å². The van der Waals surface area contributed by atoms with Gasteiger partial charge in [-0.3, -0.25) is 4.79 Å². The molecule has 0 aliphatic rings. The molecular formula is C19H22N4O3S2. The van der Waals surface area contributed by atoms with Crippen LogP contribution in [-0.4, -0.2) is 36.1 Å². The highest BCUT2D eigenvalue weighted by atomic mass is 32.2. The molecule has 7 nitrogen and oxygen atoms in total. The Labute approximate surface area is 168 Å². The summed E-state index contributed by atoms with van der Waals surface area (Å²) in [7, 11) is -3.56. The molecule has 1 amide bonds. The number of nitrogens with zero attached hydrogens (tertiary/aromatic N) is 1. The molecule has 0 radical (unpaired) electrons. The molecule has 1 unspecified atom stereocenters. The number of nitrogens with one attached hydrogen (secondary N) is 3. The molecule has 1 aromatic heterocycles. The molecule has 0 saturated carbocycles. The van der Waals surface area contributed by atoms with Crippen molar-refractivity contribution >= 4 is 44.4 Å². The van der Waals surface area contributed by atoms with Crippen LogP contribution < -0.4 is 10.0 Å². The summed E-state index contributed by atoms with van der Waals surface area (Å²) in [5.74, 6) is -0.00564. The lowest BCUT2D eigenvalue weighted by atomic mass is 10.3. The molecule has 1 heterocycles. The Bertz CT molecular complexity index is 1030. The zero-order valence-corrected chi connectivity index (χ0v) is 17.2. The van der Waals surface area contributed by atoms with Crippen molar-refractivity contribution in [1.29, 1.82) is 0 Å². The SMILES string of the molecule is CCC(C)NS(=O)(=O)c1ccc(NC(=O)CSc2nc3ccccc3[nH]2)cc1. The minimum atomic E-state index is -3.56. The summed E-state index contributed by atoms with van der Waals surface area (Å²) in [6.45, 7) is 3.72. The second kappa shape index (κ2) is 8.76. The van der Waals surface area contributed by atoms with Crippen LogP contribution in [0.4, 0.5) is 5.69 Å².